The molecule has 1 aromatic rings. The first-order valence-corrected chi connectivity index (χ1v) is 5.54. The lowest BCUT2D eigenvalue weighted by Gasteiger charge is -2.26. The fraction of sp³-hybridized carbons (Fsp3) is 0.727. The van der Waals surface area contributed by atoms with Gasteiger partial charge in [-0.05, 0) is 32.2 Å². The van der Waals surface area contributed by atoms with Crippen LogP contribution in [0.15, 0.2) is 12.5 Å². The first-order valence-electron chi connectivity index (χ1n) is 5.54. The van der Waals surface area contributed by atoms with Crippen molar-refractivity contribution < 1.29 is 0 Å². The van der Waals surface area contributed by atoms with Crippen LogP contribution in [-0.4, -0.2) is 16.1 Å². The molecule has 0 aromatic carbocycles. The van der Waals surface area contributed by atoms with Gasteiger partial charge < -0.3 is 9.88 Å². The van der Waals surface area contributed by atoms with Crippen LogP contribution in [0.1, 0.15) is 38.4 Å². The standard InChI is InChI=1S/C11H19N3/c1-3-14-7-11(13-8-14)10-5-4-9(2)6-12-10/h7-10,12H,3-6H2,1-2H3. The molecule has 0 bridgehead atoms. The molecule has 1 fully saturated rings. The zero-order chi connectivity index (χ0) is 9.97. The van der Waals surface area contributed by atoms with Crippen molar-refractivity contribution in [1.29, 1.82) is 0 Å². The topological polar surface area (TPSA) is 29.9 Å². The van der Waals surface area contributed by atoms with Crippen LogP contribution in [0.2, 0.25) is 0 Å². The minimum Gasteiger partial charge on any atom is -0.337 e. The molecule has 0 aliphatic carbocycles. The number of aromatic nitrogens is 2. The van der Waals surface area contributed by atoms with Crippen molar-refractivity contribution in [2.24, 2.45) is 5.92 Å². The number of rotatable bonds is 2. The van der Waals surface area contributed by atoms with E-state index in [1.54, 1.807) is 0 Å². The molecule has 2 heterocycles. The highest BCUT2D eigenvalue weighted by Crippen LogP contribution is 2.23. The van der Waals surface area contributed by atoms with E-state index < -0.39 is 0 Å². The molecule has 0 spiro atoms. The van der Waals surface area contributed by atoms with E-state index in [0.29, 0.717) is 6.04 Å². The predicted octanol–water partition coefficient (Wildman–Crippen LogP) is 1.96. The van der Waals surface area contributed by atoms with Gasteiger partial charge in [-0.15, -0.1) is 0 Å². The van der Waals surface area contributed by atoms with Crippen LogP contribution < -0.4 is 5.32 Å². The lowest BCUT2D eigenvalue weighted by atomic mass is 9.95. The Kier molecular flexibility index (Phi) is 2.87. The SMILES string of the molecule is CCn1cnc(C2CCC(C)CN2)c1. The highest BCUT2D eigenvalue weighted by atomic mass is 15.1. The lowest BCUT2D eigenvalue weighted by molar-refractivity contribution is 0.329. The minimum absolute atomic E-state index is 0.485. The second kappa shape index (κ2) is 4.13. The van der Waals surface area contributed by atoms with E-state index in [0.717, 1.165) is 19.0 Å². The van der Waals surface area contributed by atoms with E-state index in [4.69, 9.17) is 0 Å². The average Bonchev–Trinajstić information content (AvgIpc) is 2.67. The van der Waals surface area contributed by atoms with Crippen molar-refractivity contribution >= 4 is 0 Å². The Hall–Kier alpha value is -0.830. The van der Waals surface area contributed by atoms with E-state index in [1.165, 1.54) is 18.5 Å². The molecule has 3 nitrogen and oxygen atoms in total. The van der Waals surface area contributed by atoms with Gasteiger partial charge in [0.15, 0.2) is 0 Å². The summed E-state index contributed by atoms with van der Waals surface area (Å²) in [5.74, 6) is 0.819. The fourth-order valence-corrected chi connectivity index (χ4v) is 1.98. The van der Waals surface area contributed by atoms with E-state index in [-0.39, 0.29) is 0 Å². The number of nitrogens with one attached hydrogen (secondary N) is 1. The molecular weight excluding hydrogens is 174 g/mol. The quantitative estimate of drug-likeness (QED) is 0.778. The van der Waals surface area contributed by atoms with Gasteiger partial charge in [0.25, 0.3) is 0 Å². The molecule has 0 radical (unpaired) electrons. The number of hydrogen-bond acceptors (Lipinski definition) is 2. The number of hydrogen-bond donors (Lipinski definition) is 1. The van der Waals surface area contributed by atoms with E-state index >= 15 is 0 Å². The van der Waals surface area contributed by atoms with E-state index in [2.05, 4.69) is 34.9 Å². The Morgan fingerprint density at radius 1 is 1.57 bits per heavy atom. The summed E-state index contributed by atoms with van der Waals surface area (Å²) < 4.78 is 2.13. The molecule has 2 rings (SSSR count). The van der Waals surface area contributed by atoms with Crippen LogP contribution >= 0.6 is 0 Å². The van der Waals surface area contributed by atoms with Gasteiger partial charge in [-0.25, -0.2) is 4.98 Å². The van der Waals surface area contributed by atoms with Crippen LogP contribution in [0.25, 0.3) is 0 Å². The zero-order valence-corrected chi connectivity index (χ0v) is 9.03. The van der Waals surface area contributed by atoms with Crippen molar-refractivity contribution in [3.8, 4) is 0 Å². The van der Waals surface area contributed by atoms with Gasteiger partial charge in [-0.1, -0.05) is 6.92 Å². The molecule has 1 aliphatic heterocycles. The van der Waals surface area contributed by atoms with Gasteiger partial charge >= 0.3 is 0 Å². The van der Waals surface area contributed by atoms with Crippen LogP contribution in [0, 0.1) is 5.92 Å². The van der Waals surface area contributed by atoms with Gasteiger partial charge in [0.1, 0.15) is 0 Å². The number of aryl methyl sites for hydroxylation is 1. The van der Waals surface area contributed by atoms with E-state index in [9.17, 15) is 0 Å². The summed E-state index contributed by atoms with van der Waals surface area (Å²) >= 11 is 0. The third kappa shape index (κ3) is 1.98. The van der Waals surface area contributed by atoms with Crippen molar-refractivity contribution in [3.63, 3.8) is 0 Å². The third-order valence-electron chi connectivity index (χ3n) is 3.04. The molecule has 2 unspecified atom stereocenters. The van der Waals surface area contributed by atoms with Crippen LogP contribution in [0.5, 0.6) is 0 Å². The van der Waals surface area contributed by atoms with Crippen molar-refractivity contribution in [2.45, 2.75) is 39.3 Å². The number of imidazole rings is 1. The van der Waals surface area contributed by atoms with Gasteiger partial charge in [0, 0.05) is 12.7 Å². The van der Waals surface area contributed by atoms with Crippen molar-refractivity contribution in [2.75, 3.05) is 6.54 Å². The smallest absolute Gasteiger partial charge is 0.0950 e. The van der Waals surface area contributed by atoms with Crippen LogP contribution in [-0.2, 0) is 6.54 Å². The molecule has 78 valence electrons. The summed E-state index contributed by atoms with van der Waals surface area (Å²) in [4.78, 5) is 4.44. The van der Waals surface area contributed by atoms with Gasteiger partial charge in [0.2, 0.25) is 0 Å². The largest absolute Gasteiger partial charge is 0.337 e. The molecule has 0 saturated carbocycles. The first-order chi connectivity index (χ1) is 6.79. The Morgan fingerprint density at radius 2 is 2.43 bits per heavy atom. The monoisotopic (exact) mass is 193 g/mol. The maximum atomic E-state index is 4.44. The molecule has 1 aliphatic rings. The summed E-state index contributed by atoms with van der Waals surface area (Å²) in [5.41, 5.74) is 1.21. The molecule has 2 atom stereocenters. The molecule has 1 aromatic heterocycles. The molecular formula is C11H19N3. The van der Waals surface area contributed by atoms with Gasteiger partial charge in [-0.2, -0.15) is 0 Å². The zero-order valence-electron chi connectivity index (χ0n) is 9.03. The lowest BCUT2D eigenvalue weighted by Crippen LogP contribution is -2.32. The highest BCUT2D eigenvalue weighted by molar-refractivity contribution is 5.05. The maximum Gasteiger partial charge on any atom is 0.0950 e. The summed E-state index contributed by atoms with van der Waals surface area (Å²) in [6.07, 6.45) is 6.63. The second-order valence-corrected chi connectivity index (χ2v) is 4.27. The Morgan fingerprint density at radius 3 is 3.00 bits per heavy atom. The first kappa shape index (κ1) is 9.71. The molecule has 0 amide bonds. The van der Waals surface area contributed by atoms with Crippen molar-refractivity contribution in [1.82, 2.24) is 14.9 Å². The van der Waals surface area contributed by atoms with Crippen LogP contribution in [0.4, 0.5) is 0 Å². The Balaban J connectivity index is 2.01. The van der Waals surface area contributed by atoms with E-state index in [1.807, 2.05) is 6.33 Å². The summed E-state index contributed by atoms with van der Waals surface area (Å²) in [6, 6.07) is 0.485. The summed E-state index contributed by atoms with van der Waals surface area (Å²) in [7, 11) is 0. The Bertz CT molecular complexity index is 284. The minimum atomic E-state index is 0.485. The molecule has 1 N–H and O–H groups in total. The fourth-order valence-electron chi connectivity index (χ4n) is 1.98. The predicted molar refractivity (Wildman–Crippen MR) is 57.0 cm³/mol. The van der Waals surface area contributed by atoms with Crippen LogP contribution in [0.3, 0.4) is 0 Å². The molecule has 14 heavy (non-hydrogen) atoms. The number of piperidine rings is 1. The van der Waals surface area contributed by atoms with Crippen molar-refractivity contribution in [3.05, 3.63) is 18.2 Å². The Labute approximate surface area is 85.5 Å². The molecule has 3 heteroatoms. The average molecular weight is 193 g/mol. The number of nitrogens with zero attached hydrogens (tertiary/aromatic N) is 2. The summed E-state index contributed by atoms with van der Waals surface area (Å²) in [6.45, 7) is 6.58. The normalized spacial score (nSPS) is 27.9. The van der Waals surface area contributed by atoms with Gasteiger partial charge in [0.05, 0.1) is 18.1 Å². The van der Waals surface area contributed by atoms with Gasteiger partial charge in [-0.3, -0.25) is 0 Å². The highest BCUT2D eigenvalue weighted by Gasteiger charge is 2.20. The summed E-state index contributed by atoms with van der Waals surface area (Å²) in [5, 5.41) is 3.55. The third-order valence-corrected chi connectivity index (χ3v) is 3.04. The second-order valence-electron chi connectivity index (χ2n) is 4.27. The molecule has 1 saturated heterocycles. The maximum absolute atomic E-state index is 4.44.